The van der Waals surface area contributed by atoms with E-state index in [1.807, 2.05) is 0 Å². The Bertz CT molecular complexity index is 861. The van der Waals surface area contributed by atoms with Crippen molar-refractivity contribution in [3.8, 4) is 5.75 Å². The highest BCUT2D eigenvalue weighted by molar-refractivity contribution is 7.85. The van der Waals surface area contributed by atoms with Crippen LogP contribution in [-0.4, -0.2) is 41.8 Å². The lowest BCUT2D eigenvalue weighted by molar-refractivity contribution is -0.399. The van der Waals surface area contributed by atoms with Crippen molar-refractivity contribution in [1.29, 1.82) is 0 Å². The fourth-order valence-corrected chi connectivity index (χ4v) is 2.88. The molecule has 1 aromatic carbocycles. The van der Waals surface area contributed by atoms with E-state index in [2.05, 4.69) is 17.9 Å². The first-order chi connectivity index (χ1) is 12.9. The Morgan fingerprint density at radius 3 is 2.07 bits per heavy atom. The lowest BCUT2D eigenvalue weighted by atomic mass is 10.0. The number of alkyl halides is 6. The molecule has 0 unspecified atom stereocenters. The highest BCUT2D eigenvalue weighted by Crippen LogP contribution is 2.48. The average Bonchev–Trinajstić information content (AvgIpc) is 2.50. The van der Waals surface area contributed by atoms with Gasteiger partial charge in [-0.2, -0.15) is 34.8 Å². The molecule has 0 saturated heterocycles. The van der Waals surface area contributed by atoms with Crippen LogP contribution in [0.15, 0.2) is 48.8 Å². The Balaban J connectivity index is 3.37. The van der Waals surface area contributed by atoms with E-state index in [0.29, 0.717) is 5.57 Å². The summed E-state index contributed by atoms with van der Waals surface area (Å²) in [5, 5.41) is 9.85. The molecule has 0 aliphatic rings. The largest absolute Gasteiger partial charge is 0.458 e. The summed E-state index contributed by atoms with van der Waals surface area (Å²) in [6.07, 6.45) is -15.6. The molecule has 0 amide bonds. The number of allylic oxidation sites excluding steroid dienone is 1. The number of ether oxygens (including phenoxy) is 2. The van der Waals surface area contributed by atoms with Gasteiger partial charge in [-0.1, -0.05) is 25.3 Å². The smallest absolute Gasteiger partial charge is 0.427 e. The van der Waals surface area contributed by atoms with E-state index in [9.17, 15) is 39.9 Å². The minimum absolute atomic E-state index is 0.0314. The zero-order valence-electron chi connectivity index (χ0n) is 14.7. The third-order valence-corrected chi connectivity index (χ3v) is 4.25. The van der Waals surface area contributed by atoms with Gasteiger partial charge < -0.3 is 14.6 Å². The summed E-state index contributed by atoms with van der Waals surface area (Å²) < 4.78 is 119. The lowest BCUT2D eigenvalue weighted by Gasteiger charge is -2.37. The Hall–Kier alpha value is -2.09. The monoisotopic (exact) mass is 450 g/mol. The quantitative estimate of drug-likeness (QED) is 0.205. The van der Waals surface area contributed by atoms with Gasteiger partial charge in [-0.15, -0.1) is 0 Å². The summed E-state index contributed by atoms with van der Waals surface area (Å²) in [6, 6.07) is 4.13. The van der Waals surface area contributed by atoms with Gasteiger partial charge in [0.05, 0.1) is 0 Å². The van der Waals surface area contributed by atoms with Gasteiger partial charge in [0.15, 0.2) is 6.29 Å². The number of hydrogen-bond acceptors (Lipinski definition) is 5. The molecule has 0 radical (unpaired) electrons. The van der Waals surface area contributed by atoms with Crippen molar-refractivity contribution in [3.05, 3.63) is 54.3 Å². The topological polar surface area (TPSA) is 93.1 Å². The average molecular weight is 450 g/mol. The second kappa shape index (κ2) is 8.34. The minimum atomic E-state index is -6.36. The van der Waals surface area contributed by atoms with Crippen LogP contribution in [-0.2, 0) is 14.9 Å². The molecule has 0 heterocycles. The molecule has 1 rings (SSSR count). The third kappa shape index (κ3) is 6.19. The van der Waals surface area contributed by atoms with E-state index >= 15 is 0 Å². The number of hydrogen-bond donors (Lipinski definition) is 2. The molecule has 2 N–H and O–H groups in total. The fourth-order valence-electron chi connectivity index (χ4n) is 1.97. The molecule has 29 heavy (non-hydrogen) atoms. The Morgan fingerprint density at radius 2 is 1.66 bits per heavy atom. The first-order valence-electron chi connectivity index (χ1n) is 7.47. The predicted octanol–water partition coefficient (Wildman–Crippen LogP) is 3.91. The highest BCUT2D eigenvalue weighted by Gasteiger charge is 2.74. The molecule has 164 valence electrons. The molecular weight excluding hydrogens is 434 g/mol. The second-order valence-electron chi connectivity index (χ2n) is 5.90. The number of halogens is 6. The van der Waals surface area contributed by atoms with E-state index < -0.39 is 45.7 Å². The van der Waals surface area contributed by atoms with Crippen LogP contribution in [0.2, 0.25) is 0 Å². The molecule has 0 aliphatic carbocycles. The molecule has 0 saturated carbocycles. The van der Waals surface area contributed by atoms with Gasteiger partial charge in [0.1, 0.15) is 17.3 Å². The summed E-state index contributed by atoms with van der Waals surface area (Å²) in [7, 11) is -5.83. The van der Waals surface area contributed by atoms with Gasteiger partial charge in [0, 0.05) is 5.56 Å². The van der Waals surface area contributed by atoms with Gasteiger partial charge in [-0.3, -0.25) is 4.55 Å². The maximum absolute atomic E-state index is 13.2. The summed E-state index contributed by atoms with van der Waals surface area (Å²) >= 11 is 0. The van der Waals surface area contributed by atoms with Gasteiger partial charge in [0.2, 0.25) is 0 Å². The molecule has 0 fully saturated rings. The van der Waals surface area contributed by atoms with Crippen LogP contribution in [0.25, 0.3) is 0 Å². The fraction of sp³-hybridized carbons (Fsp3) is 0.375. The summed E-state index contributed by atoms with van der Waals surface area (Å²) in [5.74, 6) is -3.01. The predicted molar refractivity (Wildman–Crippen MR) is 88.3 cm³/mol. The van der Waals surface area contributed by atoms with Crippen molar-refractivity contribution in [3.63, 3.8) is 0 Å². The van der Waals surface area contributed by atoms with Gasteiger partial charge in [-0.05, 0) is 24.6 Å². The van der Waals surface area contributed by atoms with Crippen LogP contribution >= 0.6 is 0 Å². The molecular formula is C16H16F6O6S. The van der Waals surface area contributed by atoms with Crippen molar-refractivity contribution in [2.24, 2.45) is 0 Å². The molecule has 1 aromatic rings. The Labute approximate surface area is 161 Å². The van der Waals surface area contributed by atoms with Crippen LogP contribution in [0.5, 0.6) is 5.75 Å². The third-order valence-electron chi connectivity index (χ3n) is 3.47. The molecule has 0 bridgehead atoms. The van der Waals surface area contributed by atoms with Gasteiger partial charge in [-0.25, -0.2) is 0 Å². The highest BCUT2D eigenvalue weighted by atomic mass is 32.2. The maximum Gasteiger partial charge on any atom is 0.427 e. The van der Waals surface area contributed by atoms with Crippen molar-refractivity contribution in [2.75, 3.05) is 5.75 Å². The van der Waals surface area contributed by atoms with Crippen molar-refractivity contribution in [1.82, 2.24) is 0 Å². The lowest BCUT2D eigenvalue weighted by Crippen LogP contribution is -2.63. The standard InChI is InChI=1S/C16H16F6O6S/c1-9(2)10(3)27-12-6-4-5-11(7-12)13(23)28-14(15(17,18)19,16(20,21)22)8-29(24,25)26/h4-7,13,23H,1,3,8H2,2H3,(H,24,25,26)/t13-/m0/s1. The Morgan fingerprint density at radius 1 is 1.14 bits per heavy atom. The zero-order valence-corrected chi connectivity index (χ0v) is 15.5. The van der Waals surface area contributed by atoms with Crippen molar-refractivity contribution in [2.45, 2.75) is 31.2 Å². The molecule has 1 atom stereocenters. The number of aliphatic hydroxyl groups excluding tert-OH is 1. The SMILES string of the molecule is C=C(C)C(=C)Oc1cccc([C@@H](O)OC(CS(=O)(=O)O)(C(F)(F)F)C(F)(F)F)c1. The number of benzene rings is 1. The maximum atomic E-state index is 13.2. The van der Waals surface area contributed by atoms with Crippen molar-refractivity contribution >= 4 is 10.1 Å². The minimum Gasteiger partial charge on any atom is -0.458 e. The van der Waals surface area contributed by atoms with Crippen LogP contribution in [0.1, 0.15) is 18.8 Å². The summed E-state index contributed by atoms with van der Waals surface area (Å²) in [5.41, 5.74) is -5.65. The first-order valence-corrected chi connectivity index (χ1v) is 9.07. The van der Waals surface area contributed by atoms with Crippen LogP contribution in [0.3, 0.4) is 0 Å². The van der Waals surface area contributed by atoms with E-state index in [1.54, 1.807) is 0 Å². The van der Waals surface area contributed by atoms with Crippen LogP contribution < -0.4 is 4.74 Å². The number of aliphatic hydroxyl groups is 1. The van der Waals surface area contributed by atoms with Gasteiger partial charge in [0.25, 0.3) is 15.7 Å². The van der Waals surface area contributed by atoms with Crippen LogP contribution in [0, 0.1) is 0 Å². The summed E-state index contributed by atoms with van der Waals surface area (Å²) in [6.45, 7) is 8.51. The molecule has 13 heteroatoms. The second-order valence-corrected chi connectivity index (χ2v) is 7.35. The van der Waals surface area contributed by atoms with Gasteiger partial charge >= 0.3 is 12.4 Å². The van der Waals surface area contributed by atoms with E-state index in [0.717, 1.165) is 18.2 Å². The molecule has 0 aliphatic heterocycles. The molecule has 0 spiro atoms. The van der Waals surface area contributed by atoms with E-state index in [1.165, 1.54) is 13.0 Å². The van der Waals surface area contributed by atoms with E-state index in [4.69, 9.17) is 9.29 Å². The zero-order chi connectivity index (χ0) is 22.8. The van der Waals surface area contributed by atoms with Crippen LogP contribution in [0.4, 0.5) is 26.3 Å². The summed E-state index contributed by atoms with van der Waals surface area (Å²) in [4.78, 5) is 0. The first kappa shape index (κ1) is 24.9. The Kier molecular flexibility index (Phi) is 7.17. The molecule has 6 nitrogen and oxygen atoms in total. The van der Waals surface area contributed by atoms with Crippen molar-refractivity contribution < 1.29 is 53.9 Å². The van der Waals surface area contributed by atoms with E-state index in [-0.39, 0.29) is 11.5 Å². The molecule has 0 aromatic heterocycles. The number of rotatable bonds is 8. The normalized spacial score (nSPS) is 14.4.